The summed E-state index contributed by atoms with van der Waals surface area (Å²) in [6.45, 7) is 1.97. The number of carbonyl (C=O) groups is 2. The number of urea groups is 1. The van der Waals surface area contributed by atoms with Gasteiger partial charge in [-0.25, -0.2) is 4.79 Å². The molecule has 3 rings (SSSR count). The first kappa shape index (κ1) is 15.8. The van der Waals surface area contributed by atoms with E-state index in [1.54, 1.807) is 4.90 Å². The predicted octanol–water partition coefficient (Wildman–Crippen LogP) is 1.98. The fourth-order valence-electron chi connectivity index (χ4n) is 3.03. The third-order valence-corrected chi connectivity index (χ3v) is 4.38. The zero-order valence-corrected chi connectivity index (χ0v) is 13.2. The third kappa shape index (κ3) is 4.22. The van der Waals surface area contributed by atoms with Crippen molar-refractivity contribution in [1.29, 1.82) is 0 Å². The molecule has 124 valence electrons. The van der Waals surface area contributed by atoms with Crippen molar-refractivity contribution in [3.8, 4) is 0 Å². The summed E-state index contributed by atoms with van der Waals surface area (Å²) in [4.78, 5) is 26.0. The van der Waals surface area contributed by atoms with Crippen LogP contribution in [0.25, 0.3) is 0 Å². The van der Waals surface area contributed by atoms with Crippen molar-refractivity contribution < 1.29 is 14.3 Å². The second-order valence-electron chi connectivity index (χ2n) is 6.07. The lowest BCUT2D eigenvalue weighted by Gasteiger charge is -2.32. The molecular weight excluding hydrogens is 294 g/mol. The summed E-state index contributed by atoms with van der Waals surface area (Å²) in [5, 5.41) is 5.94. The van der Waals surface area contributed by atoms with Crippen LogP contribution in [0.5, 0.6) is 0 Å². The number of hydrogen-bond acceptors (Lipinski definition) is 3. The highest BCUT2D eigenvalue weighted by atomic mass is 16.5. The molecule has 0 spiro atoms. The van der Waals surface area contributed by atoms with Gasteiger partial charge in [-0.1, -0.05) is 18.2 Å². The second-order valence-corrected chi connectivity index (χ2v) is 6.07. The molecule has 2 aliphatic heterocycles. The lowest BCUT2D eigenvalue weighted by molar-refractivity contribution is -0.131. The van der Waals surface area contributed by atoms with Gasteiger partial charge in [0.2, 0.25) is 5.91 Å². The van der Waals surface area contributed by atoms with E-state index in [2.05, 4.69) is 10.6 Å². The van der Waals surface area contributed by atoms with Crippen molar-refractivity contribution in [2.24, 2.45) is 0 Å². The molecule has 1 aromatic carbocycles. The normalized spacial score (nSPS) is 21.9. The van der Waals surface area contributed by atoms with E-state index in [0.29, 0.717) is 19.7 Å². The van der Waals surface area contributed by atoms with E-state index in [1.165, 1.54) is 0 Å². The first-order valence-electron chi connectivity index (χ1n) is 8.25. The predicted molar refractivity (Wildman–Crippen MR) is 87.2 cm³/mol. The minimum Gasteiger partial charge on any atom is -0.368 e. The van der Waals surface area contributed by atoms with Gasteiger partial charge in [-0.2, -0.15) is 0 Å². The Hall–Kier alpha value is -2.08. The van der Waals surface area contributed by atoms with Crippen molar-refractivity contribution in [3.63, 3.8) is 0 Å². The number of ether oxygens (including phenoxy) is 1. The van der Waals surface area contributed by atoms with Crippen LogP contribution in [0.2, 0.25) is 0 Å². The molecule has 1 unspecified atom stereocenters. The number of benzene rings is 1. The fraction of sp³-hybridized carbons (Fsp3) is 0.529. The van der Waals surface area contributed by atoms with Crippen LogP contribution < -0.4 is 10.6 Å². The third-order valence-electron chi connectivity index (χ3n) is 4.38. The van der Waals surface area contributed by atoms with Crippen LogP contribution in [0.1, 0.15) is 25.7 Å². The Kier molecular flexibility index (Phi) is 5.12. The van der Waals surface area contributed by atoms with E-state index >= 15 is 0 Å². The molecule has 2 N–H and O–H groups in total. The topological polar surface area (TPSA) is 70.7 Å². The summed E-state index contributed by atoms with van der Waals surface area (Å²) < 4.78 is 5.40. The molecule has 1 atom stereocenters. The van der Waals surface area contributed by atoms with Gasteiger partial charge in [0.25, 0.3) is 0 Å². The van der Waals surface area contributed by atoms with Crippen LogP contribution in [-0.4, -0.2) is 48.7 Å². The van der Waals surface area contributed by atoms with Gasteiger partial charge in [-0.05, 0) is 37.8 Å². The smallest absolute Gasteiger partial charge is 0.321 e. The van der Waals surface area contributed by atoms with Gasteiger partial charge in [0.05, 0.1) is 0 Å². The second kappa shape index (κ2) is 7.46. The molecule has 1 aromatic rings. The number of likely N-dealkylation sites (tertiary alicyclic amines) is 1. The molecule has 3 amide bonds. The molecule has 0 saturated carbocycles. The number of nitrogens with zero attached hydrogens (tertiary/aromatic N) is 1. The molecule has 2 aliphatic rings. The van der Waals surface area contributed by atoms with E-state index in [1.807, 2.05) is 30.3 Å². The van der Waals surface area contributed by atoms with Crippen LogP contribution in [0.4, 0.5) is 10.5 Å². The Morgan fingerprint density at radius 3 is 2.48 bits per heavy atom. The summed E-state index contributed by atoms with van der Waals surface area (Å²) in [5.74, 6) is -0.00492. The average molecular weight is 317 g/mol. The monoisotopic (exact) mass is 317 g/mol. The van der Waals surface area contributed by atoms with Crippen LogP contribution in [0.15, 0.2) is 30.3 Å². The number of amides is 3. The molecule has 2 fully saturated rings. The van der Waals surface area contributed by atoms with Crippen molar-refractivity contribution >= 4 is 17.6 Å². The number of para-hydroxylation sites is 1. The minimum atomic E-state index is -0.283. The summed E-state index contributed by atoms with van der Waals surface area (Å²) in [7, 11) is 0. The van der Waals surface area contributed by atoms with Crippen molar-refractivity contribution in [1.82, 2.24) is 10.2 Å². The minimum absolute atomic E-state index is 0.00492. The Bertz CT molecular complexity index is 535. The van der Waals surface area contributed by atoms with E-state index in [9.17, 15) is 9.59 Å². The fourth-order valence-corrected chi connectivity index (χ4v) is 3.03. The Morgan fingerprint density at radius 2 is 1.83 bits per heavy atom. The number of rotatable bonds is 3. The maximum absolute atomic E-state index is 12.2. The summed E-state index contributed by atoms with van der Waals surface area (Å²) in [6.07, 6.45) is 3.04. The van der Waals surface area contributed by atoms with Gasteiger partial charge >= 0.3 is 6.03 Å². The average Bonchev–Trinajstić information content (AvgIpc) is 3.11. The first-order chi connectivity index (χ1) is 11.2. The van der Waals surface area contributed by atoms with Gasteiger partial charge in [0, 0.05) is 31.4 Å². The molecular formula is C17H23N3O3. The highest BCUT2D eigenvalue weighted by Gasteiger charge is 2.28. The van der Waals surface area contributed by atoms with Crippen LogP contribution >= 0.6 is 0 Å². The molecule has 23 heavy (non-hydrogen) atoms. The van der Waals surface area contributed by atoms with Crippen LogP contribution in [0.3, 0.4) is 0 Å². The van der Waals surface area contributed by atoms with Gasteiger partial charge < -0.3 is 20.3 Å². The van der Waals surface area contributed by atoms with Gasteiger partial charge in [0.15, 0.2) is 0 Å². The molecule has 6 nitrogen and oxygen atoms in total. The van der Waals surface area contributed by atoms with E-state index < -0.39 is 0 Å². The zero-order valence-electron chi connectivity index (χ0n) is 13.2. The molecule has 0 aliphatic carbocycles. The molecule has 6 heteroatoms. The van der Waals surface area contributed by atoms with Gasteiger partial charge in [0.1, 0.15) is 6.10 Å². The van der Waals surface area contributed by atoms with Crippen molar-refractivity contribution in [2.75, 3.05) is 25.0 Å². The summed E-state index contributed by atoms with van der Waals surface area (Å²) >= 11 is 0. The van der Waals surface area contributed by atoms with Crippen LogP contribution in [0, 0.1) is 0 Å². The molecule has 0 radical (unpaired) electrons. The molecule has 0 bridgehead atoms. The quantitative estimate of drug-likeness (QED) is 0.895. The number of hydrogen-bond donors (Lipinski definition) is 2. The summed E-state index contributed by atoms with van der Waals surface area (Å²) in [6, 6.07) is 9.48. The largest absolute Gasteiger partial charge is 0.368 e. The van der Waals surface area contributed by atoms with Crippen molar-refractivity contribution in [2.45, 2.75) is 37.8 Å². The number of nitrogens with one attached hydrogen (secondary N) is 2. The SMILES string of the molecule is O=C(NC1CCN(C(=O)Nc2ccccc2)CC1)C1CCCO1. The summed E-state index contributed by atoms with van der Waals surface area (Å²) in [5.41, 5.74) is 0.798. The number of carbonyl (C=O) groups excluding carboxylic acids is 2. The van der Waals surface area contributed by atoms with Gasteiger partial charge in [-0.15, -0.1) is 0 Å². The Balaban J connectivity index is 1.42. The Morgan fingerprint density at radius 1 is 1.09 bits per heavy atom. The lowest BCUT2D eigenvalue weighted by atomic mass is 10.0. The lowest BCUT2D eigenvalue weighted by Crippen LogP contribution is -2.49. The zero-order chi connectivity index (χ0) is 16.1. The number of anilines is 1. The van der Waals surface area contributed by atoms with E-state index in [-0.39, 0.29) is 24.1 Å². The number of piperidine rings is 1. The molecule has 0 aromatic heterocycles. The molecule has 2 heterocycles. The first-order valence-corrected chi connectivity index (χ1v) is 8.25. The standard InChI is InChI=1S/C17H23N3O3/c21-16(15-7-4-12-23-15)18-14-8-10-20(11-9-14)17(22)19-13-5-2-1-3-6-13/h1-3,5-6,14-15H,4,7-12H2,(H,18,21)(H,19,22). The highest BCUT2D eigenvalue weighted by Crippen LogP contribution is 2.16. The van der Waals surface area contributed by atoms with Crippen molar-refractivity contribution in [3.05, 3.63) is 30.3 Å². The van der Waals surface area contributed by atoms with E-state index in [4.69, 9.17) is 4.74 Å². The van der Waals surface area contributed by atoms with E-state index in [0.717, 1.165) is 31.4 Å². The van der Waals surface area contributed by atoms with Gasteiger partial charge in [-0.3, -0.25) is 4.79 Å². The molecule has 2 saturated heterocycles. The maximum atomic E-state index is 12.2. The highest BCUT2D eigenvalue weighted by molar-refractivity contribution is 5.89. The van der Waals surface area contributed by atoms with Crippen LogP contribution in [-0.2, 0) is 9.53 Å². The Labute approximate surface area is 136 Å². The maximum Gasteiger partial charge on any atom is 0.321 e.